The molecular formula is C15H21BrClN. The molecule has 0 amide bonds. The van der Waals surface area contributed by atoms with Gasteiger partial charge in [-0.15, -0.1) is 0 Å². The third-order valence-corrected chi connectivity index (χ3v) is 5.20. The van der Waals surface area contributed by atoms with E-state index in [-0.39, 0.29) is 6.04 Å². The first-order valence-electron chi connectivity index (χ1n) is 6.84. The number of rotatable bonds is 3. The Labute approximate surface area is 123 Å². The van der Waals surface area contributed by atoms with Crippen LogP contribution in [-0.2, 0) is 0 Å². The minimum Gasteiger partial charge on any atom is -0.324 e. The summed E-state index contributed by atoms with van der Waals surface area (Å²) >= 11 is 9.58. The van der Waals surface area contributed by atoms with Gasteiger partial charge in [-0.3, -0.25) is 0 Å². The van der Waals surface area contributed by atoms with Crippen molar-refractivity contribution in [2.45, 2.75) is 45.1 Å². The van der Waals surface area contributed by atoms with Crippen LogP contribution in [0.3, 0.4) is 0 Å². The molecule has 3 atom stereocenters. The summed E-state index contributed by atoms with van der Waals surface area (Å²) < 4.78 is 1.04. The van der Waals surface area contributed by atoms with Crippen molar-refractivity contribution in [3.63, 3.8) is 0 Å². The number of hydrogen-bond donors (Lipinski definition) is 1. The van der Waals surface area contributed by atoms with Crippen LogP contribution in [0.5, 0.6) is 0 Å². The first-order chi connectivity index (χ1) is 8.63. The summed E-state index contributed by atoms with van der Waals surface area (Å²) in [6.07, 6.45) is 6.52. The van der Waals surface area contributed by atoms with Crippen molar-refractivity contribution in [3.05, 3.63) is 33.3 Å². The van der Waals surface area contributed by atoms with Crippen molar-refractivity contribution in [2.75, 3.05) is 0 Å². The van der Waals surface area contributed by atoms with Gasteiger partial charge in [0.15, 0.2) is 0 Å². The SMILES string of the molecule is CCC1CCCCC1C(N)c1ccc(Cl)cc1Br. The van der Waals surface area contributed by atoms with E-state index in [0.717, 1.165) is 15.4 Å². The third-order valence-electron chi connectivity index (χ3n) is 4.28. The largest absolute Gasteiger partial charge is 0.324 e. The fourth-order valence-electron chi connectivity index (χ4n) is 3.22. The molecule has 0 bridgehead atoms. The number of hydrogen-bond acceptors (Lipinski definition) is 1. The monoisotopic (exact) mass is 329 g/mol. The minimum atomic E-state index is 0.127. The van der Waals surface area contributed by atoms with Gasteiger partial charge in [0.2, 0.25) is 0 Å². The van der Waals surface area contributed by atoms with Crippen molar-refractivity contribution in [2.24, 2.45) is 17.6 Å². The average Bonchev–Trinajstić information content (AvgIpc) is 2.38. The molecule has 18 heavy (non-hydrogen) atoms. The van der Waals surface area contributed by atoms with E-state index >= 15 is 0 Å². The summed E-state index contributed by atoms with van der Waals surface area (Å²) in [5.74, 6) is 1.39. The van der Waals surface area contributed by atoms with E-state index in [1.54, 1.807) is 0 Å². The molecule has 1 aliphatic rings. The van der Waals surface area contributed by atoms with E-state index in [2.05, 4.69) is 28.9 Å². The summed E-state index contributed by atoms with van der Waals surface area (Å²) in [6, 6.07) is 6.08. The summed E-state index contributed by atoms with van der Waals surface area (Å²) in [4.78, 5) is 0. The highest BCUT2D eigenvalue weighted by molar-refractivity contribution is 9.10. The number of halogens is 2. The van der Waals surface area contributed by atoms with Crippen LogP contribution < -0.4 is 5.73 Å². The second-order valence-electron chi connectivity index (χ2n) is 5.31. The van der Waals surface area contributed by atoms with Crippen LogP contribution in [0.2, 0.25) is 5.02 Å². The molecule has 1 saturated carbocycles. The van der Waals surface area contributed by atoms with Crippen LogP contribution in [0.4, 0.5) is 0 Å². The molecule has 1 fully saturated rings. The molecule has 1 aromatic rings. The Kier molecular flexibility index (Phi) is 5.11. The lowest BCUT2D eigenvalue weighted by Crippen LogP contribution is -2.30. The van der Waals surface area contributed by atoms with Gasteiger partial charge in [-0.2, -0.15) is 0 Å². The number of nitrogens with two attached hydrogens (primary N) is 1. The Hall–Kier alpha value is -0.0500. The Balaban J connectivity index is 2.20. The van der Waals surface area contributed by atoms with E-state index < -0.39 is 0 Å². The summed E-state index contributed by atoms with van der Waals surface area (Å²) in [6.45, 7) is 2.28. The summed E-state index contributed by atoms with van der Waals surface area (Å²) in [5, 5.41) is 0.758. The van der Waals surface area contributed by atoms with E-state index in [9.17, 15) is 0 Å². The van der Waals surface area contributed by atoms with Crippen LogP contribution in [0.15, 0.2) is 22.7 Å². The van der Waals surface area contributed by atoms with E-state index in [1.807, 2.05) is 12.1 Å². The molecule has 100 valence electrons. The van der Waals surface area contributed by atoms with Crippen LogP contribution in [-0.4, -0.2) is 0 Å². The van der Waals surface area contributed by atoms with Crippen LogP contribution in [0, 0.1) is 11.8 Å². The van der Waals surface area contributed by atoms with Crippen molar-refractivity contribution < 1.29 is 0 Å². The maximum Gasteiger partial charge on any atom is 0.0417 e. The highest BCUT2D eigenvalue weighted by Gasteiger charge is 2.30. The minimum absolute atomic E-state index is 0.127. The molecule has 3 heteroatoms. The fraction of sp³-hybridized carbons (Fsp3) is 0.600. The predicted molar refractivity (Wildman–Crippen MR) is 81.8 cm³/mol. The zero-order chi connectivity index (χ0) is 13.1. The average molecular weight is 331 g/mol. The van der Waals surface area contributed by atoms with Gasteiger partial charge in [0.25, 0.3) is 0 Å². The molecule has 2 rings (SSSR count). The van der Waals surface area contributed by atoms with E-state index in [4.69, 9.17) is 17.3 Å². The maximum absolute atomic E-state index is 6.51. The quantitative estimate of drug-likeness (QED) is 0.797. The molecule has 3 unspecified atom stereocenters. The Morgan fingerprint density at radius 1 is 1.39 bits per heavy atom. The molecular weight excluding hydrogens is 310 g/mol. The fourth-order valence-corrected chi connectivity index (χ4v) is 4.17. The zero-order valence-electron chi connectivity index (χ0n) is 10.8. The summed E-state index contributed by atoms with van der Waals surface area (Å²) in [7, 11) is 0. The normalized spacial score (nSPS) is 26.0. The Morgan fingerprint density at radius 3 is 2.78 bits per heavy atom. The van der Waals surface area contributed by atoms with Crippen LogP contribution >= 0.6 is 27.5 Å². The Bertz CT molecular complexity index is 407. The topological polar surface area (TPSA) is 26.0 Å². The molecule has 0 heterocycles. The van der Waals surface area contributed by atoms with Gasteiger partial charge < -0.3 is 5.73 Å². The van der Waals surface area contributed by atoms with Crippen molar-refractivity contribution in [3.8, 4) is 0 Å². The Morgan fingerprint density at radius 2 is 2.11 bits per heavy atom. The van der Waals surface area contributed by atoms with Gasteiger partial charge in [0.05, 0.1) is 0 Å². The summed E-state index contributed by atoms with van der Waals surface area (Å²) in [5.41, 5.74) is 7.71. The second-order valence-corrected chi connectivity index (χ2v) is 6.60. The van der Waals surface area contributed by atoms with Gasteiger partial charge in [-0.05, 0) is 36.0 Å². The van der Waals surface area contributed by atoms with Gasteiger partial charge in [0, 0.05) is 15.5 Å². The molecule has 0 radical (unpaired) electrons. The highest BCUT2D eigenvalue weighted by atomic mass is 79.9. The molecule has 0 spiro atoms. The lowest BCUT2D eigenvalue weighted by molar-refractivity contribution is 0.196. The molecule has 0 saturated heterocycles. The molecule has 1 aliphatic carbocycles. The smallest absolute Gasteiger partial charge is 0.0417 e. The maximum atomic E-state index is 6.51. The van der Waals surface area contributed by atoms with Crippen molar-refractivity contribution >= 4 is 27.5 Å². The van der Waals surface area contributed by atoms with Crippen LogP contribution in [0.25, 0.3) is 0 Å². The first kappa shape index (κ1) is 14.4. The molecule has 1 aromatic carbocycles. The van der Waals surface area contributed by atoms with Gasteiger partial charge in [-0.25, -0.2) is 0 Å². The third kappa shape index (κ3) is 3.09. The molecule has 1 nitrogen and oxygen atoms in total. The second kappa shape index (κ2) is 6.40. The highest BCUT2D eigenvalue weighted by Crippen LogP contribution is 2.41. The van der Waals surface area contributed by atoms with Gasteiger partial charge in [0.1, 0.15) is 0 Å². The lowest BCUT2D eigenvalue weighted by Gasteiger charge is -2.35. The van der Waals surface area contributed by atoms with Gasteiger partial charge >= 0.3 is 0 Å². The lowest BCUT2D eigenvalue weighted by atomic mass is 9.73. The van der Waals surface area contributed by atoms with Crippen molar-refractivity contribution in [1.29, 1.82) is 0 Å². The predicted octanol–water partition coefficient (Wildman–Crippen LogP) is 5.32. The standard InChI is InChI=1S/C15H21BrClN/c1-2-10-5-3-4-6-12(10)15(18)13-8-7-11(17)9-14(13)16/h7-10,12,15H,2-6,18H2,1H3. The van der Waals surface area contributed by atoms with Gasteiger partial charge in [-0.1, -0.05) is 66.2 Å². The van der Waals surface area contributed by atoms with E-state index in [0.29, 0.717) is 5.92 Å². The number of benzene rings is 1. The van der Waals surface area contributed by atoms with Crippen molar-refractivity contribution in [1.82, 2.24) is 0 Å². The zero-order valence-corrected chi connectivity index (χ0v) is 13.2. The van der Waals surface area contributed by atoms with E-state index in [1.165, 1.54) is 37.7 Å². The molecule has 2 N–H and O–H groups in total. The molecule has 0 aliphatic heterocycles. The molecule has 0 aromatic heterocycles. The van der Waals surface area contributed by atoms with Crippen LogP contribution in [0.1, 0.15) is 50.6 Å². The first-order valence-corrected chi connectivity index (χ1v) is 8.01.